The van der Waals surface area contributed by atoms with E-state index >= 15 is 0 Å². The van der Waals surface area contributed by atoms with Gasteiger partial charge in [-0.05, 0) is 62.3 Å². The van der Waals surface area contributed by atoms with Crippen molar-refractivity contribution in [2.75, 3.05) is 7.05 Å². The Morgan fingerprint density at radius 3 is 2.67 bits per heavy atom. The van der Waals surface area contributed by atoms with Gasteiger partial charge in [-0.2, -0.15) is 0 Å². The zero-order valence-electron chi connectivity index (χ0n) is 11.0. The van der Waals surface area contributed by atoms with Crippen molar-refractivity contribution in [2.45, 2.75) is 38.6 Å². The minimum Gasteiger partial charge on any atom is -0.317 e. The van der Waals surface area contributed by atoms with Crippen LogP contribution in [0.25, 0.3) is 0 Å². The van der Waals surface area contributed by atoms with E-state index in [4.69, 9.17) is 23.2 Å². The first-order valence-electron chi connectivity index (χ1n) is 6.71. The Morgan fingerprint density at radius 1 is 1.22 bits per heavy atom. The fourth-order valence-corrected chi connectivity index (χ4v) is 3.39. The number of benzene rings is 1. The van der Waals surface area contributed by atoms with E-state index in [9.17, 15) is 0 Å². The number of hydrogen-bond donors (Lipinski definition) is 1. The van der Waals surface area contributed by atoms with Gasteiger partial charge in [0, 0.05) is 6.04 Å². The summed E-state index contributed by atoms with van der Waals surface area (Å²) in [6.07, 6.45) is 5.01. The van der Waals surface area contributed by atoms with Crippen LogP contribution in [0.3, 0.4) is 0 Å². The highest BCUT2D eigenvalue weighted by atomic mass is 35.5. The fourth-order valence-electron chi connectivity index (χ4n) is 3.07. The van der Waals surface area contributed by atoms with Gasteiger partial charge in [-0.15, -0.1) is 0 Å². The van der Waals surface area contributed by atoms with E-state index in [0.29, 0.717) is 22.0 Å². The van der Waals surface area contributed by atoms with Crippen molar-refractivity contribution < 1.29 is 0 Å². The topological polar surface area (TPSA) is 12.0 Å². The molecule has 1 fully saturated rings. The van der Waals surface area contributed by atoms with Crippen LogP contribution in [0.5, 0.6) is 0 Å². The maximum atomic E-state index is 6.08. The van der Waals surface area contributed by atoms with Crippen LogP contribution < -0.4 is 5.32 Å². The predicted octanol–water partition coefficient (Wildman–Crippen LogP) is 4.56. The zero-order chi connectivity index (χ0) is 13.1. The van der Waals surface area contributed by atoms with Crippen LogP contribution in [0, 0.1) is 11.8 Å². The number of hydrogen-bond acceptors (Lipinski definition) is 1. The van der Waals surface area contributed by atoms with Gasteiger partial charge in [0.05, 0.1) is 10.0 Å². The summed E-state index contributed by atoms with van der Waals surface area (Å²) in [4.78, 5) is 0. The summed E-state index contributed by atoms with van der Waals surface area (Å²) in [5.41, 5.74) is 1.30. The van der Waals surface area contributed by atoms with Gasteiger partial charge in [0.1, 0.15) is 0 Å². The summed E-state index contributed by atoms with van der Waals surface area (Å²) < 4.78 is 0. The molecule has 1 aromatic rings. The summed E-state index contributed by atoms with van der Waals surface area (Å²) in [5.74, 6) is 1.54. The van der Waals surface area contributed by atoms with Crippen LogP contribution >= 0.6 is 23.2 Å². The summed E-state index contributed by atoms with van der Waals surface area (Å²) in [7, 11) is 2.07. The van der Waals surface area contributed by atoms with Crippen molar-refractivity contribution in [3.05, 3.63) is 33.8 Å². The maximum Gasteiger partial charge on any atom is 0.0595 e. The predicted molar refractivity (Wildman–Crippen MR) is 79.5 cm³/mol. The zero-order valence-corrected chi connectivity index (χ0v) is 12.6. The lowest BCUT2D eigenvalue weighted by atomic mass is 9.76. The Kier molecular flexibility index (Phi) is 4.94. The van der Waals surface area contributed by atoms with Crippen molar-refractivity contribution in [1.82, 2.24) is 5.32 Å². The molecule has 18 heavy (non-hydrogen) atoms. The van der Waals surface area contributed by atoms with Gasteiger partial charge in [-0.1, -0.05) is 36.2 Å². The second-order valence-electron chi connectivity index (χ2n) is 5.53. The van der Waals surface area contributed by atoms with Crippen molar-refractivity contribution in [2.24, 2.45) is 11.8 Å². The molecule has 0 amide bonds. The average molecular weight is 286 g/mol. The Labute approximate surface area is 120 Å². The lowest BCUT2D eigenvalue weighted by molar-refractivity contribution is 0.220. The first-order chi connectivity index (χ1) is 8.60. The van der Waals surface area contributed by atoms with E-state index < -0.39 is 0 Å². The lowest BCUT2D eigenvalue weighted by Gasteiger charge is -2.35. The van der Waals surface area contributed by atoms with Crippen molar-refractivity contribution in [1.29, 1.82) is 0 Å². The molecule has 1 N–H and O–H groups in total. The molecule has 3 unspecified atom stereocenters. The SMILES string of the molecule is CNC1CCC(C)CC1Cc1ccc(Cl)c(Cl)c1. The van der Waals surface area contributed by atoms with Crippen LogP contribution in [0.15, 0.2) is 18.2 Å². The molecule has 0 bridgehead atoms. The average Bonchev–Trinajstić information content (AvgIpc) is 2.34. The molecular formula is C15H21Cl2N. The molecule has 1 aromatic carbocycles. The monoisotopic (exact) mass is 285 g/mol. The van der Waals surface area contributed by atoms with Crippen LogP contribution in [0.4, 0.5) is 0 Å². The van der Waals surface area contributed by atoms with E-state index in [-0.39, 0.29) is 0 Å². The minimum atomic E-state index is 0.635. The van der Waals surface area contributed by atoms with Gasteiger partial charge in [0.25, 0.3) is 0 Å². The van der Waals surface area contributed by atoms with Crippen molar-refractivity contribution in [3.63, 3.8) is 0 Å². The van der Waals surface area contributed by atoms with Crippen molar-refractivity contribution in [3.8, 4) is 0 Å². The van der Waals surface area contributed by atoms with Crippen LogP contribution in [-0.2, 0) is 6.42 Å². The third-order valence-electron chi connectivity index (χ3n) is 4.10. The highest BCUT2D eigenvalue weighted by Gasteiger charge is 2.27. The Hall–Kier alpha value is -0.240. The second-order valence-corrected chi connectivity index (χ2v) is 6.34. The number of nitrogens with one attached hydrogen (secondary N) is 1. The van der Waals surface area contributed by atoms with Gasteiger partial charge in [0.15, 0.2) is 0 Å². The minimum absolute atomic E-state index is 0.635. The summed E-state index contributed by atoms with van der Waals surface area (Å²) in [6, 6.07) is 6.64. The molecular weight excluding hydrogens is 265 g/mol. The quantitative estimate of drug-likeness (QED) is 0.859. The molecule has 1 saturated carbocycles. The normalized spacial score (nSPS) is 28.3. The molecule has 3 heteroatoms. The van der Waals surface area contributed by atoms with Gasteiger partial charge < -0.3 is 5.32 Å². The third-order valence-corrected chi connectivity index (χ3v) is 4.84. The summed E-state index contributed by atoms with van der Waals surface area (Å²) in [5, 5.41) is 4.77. The van der Waals surface area contributed by atoms with E-state index in [1.54, 1.807) is 0 Å². The third kappa shape index (κ3) is 3.40. The largest absolute Gasteiger partial charge is 0.317 e. The molecule has 1 aliphatic carbocycles. The molecule has 2 rings (SSSR count). The molecule has 0 radical (unpaired) electrons. The van der Waals surface area contributed by atoms with E-state index in [1.165, 1.54) is 24.8 Å². The number of halogens is 2. The standard InChI is InChI=1S/C15H21Cl2N/c1-10-3-6-15(18-2)12(7-10)8-11-4-5-13(16)14(17)9-11/h4-5,9-10,12,15,18H,3,6-8H2,1-2H3. The molecule has 1 aliphatic rings. The van der Waals surface area contributed by atoms with Gasteiger partial charge >= 0.3 is 0 Å². The van der Waals surface area contributed by atoms with Crippen LogP contribution in [0.2, 0.25) is 10.0 Å². The molecule has 100 valence electrons. The van der Waals surface area contributed by atoms with Gasteiger partial charge in [0.2, 0.25) is 0 Å². The van der Waals surface area contributed by atoms with Gasteiger partial charge in [-0.25, -0.2) is 0 Å². The first-order valence-corrected chi connectivity index (χ1v) is 7.47. The summed E-state index contributed by atoms with van der Waals surface area (Å²) >= 11 is 12.0. The second kappa shape index (κ2) is 6.27. The maximum absolute atomic E-state index is 6.08. The molecule has 0 saturated heterocycles. The van der Waals surface area contributed by atoms with Crippen molar-refractivity contribution >= 4 is 23.2 Å². The summed E-state index contributed by atoms with van der Waals surface area (Å²) in [6.45, 7) is 2.35. The molecule has 0 aromatic heterocycles. The Bertz CT molecular complexity index is 405. The highest BCUT2D eigenvalue weighted by Crippen LogP contribution is 2.32. The fraction of sp³-hybridized carbons (Fsp3) is 0.600. The Morgan fingerprint density at radius 2 is 2.00 bits per heavy atom. The molecule has 0 spiro atoms. The van der Waals surface area contributed by atoms with Crippen LogP contribution in [0.1, 0.15) is 31.7 Å². The molecule has 0 aliphatic heterocycles. The smallest absolute Gasteiger partial charge is 0.0595 e. The molecule has 0 heterocycles. The van der Waals surface area contributed by atoms with E-state index in [0.717, 1.165) is 12.3 Å². The first kappa shape index (κ1) is 14.2. The van der Waals surface area contributed by atoms with E-state index in [1.807, 2.05) is 12.1 Å². The Balaban J connectivity index is 2.08. The highest BCUT2D eigenvalue weighted by molar-refractivity contribution is 6.42. The van der Waals surface area contributed by atoms with Crippen LogP contribution in [-0.4, -0.2) is 13.1 Å². The molecule has 1 nitrogen and oxygen atoms in total. The number of rotatable bonds is 3. The van der Waals surface area contributed by atoms with E-state index in [2.05, 4.69) is 25.4 Å². The van der Waals surface area contributed by atoms with Gasteiger partial charge in [-0.3, -0.25) is 0 Å². The molecule has 3 atom stereocenters. The lowest BCUT2D eigenvalue weighted by Crippen LogP contribution is -2.39.